The highest BCUT2D eigenvalue weighted by molar-refractivity contribution is 5.93. The van der Waals surface area contributed by atoms with Gasteiger partial charge in [0, 0.05) is 23.3 Å². The Balaban J connectivity index is 2.19. The van der Waals surface area contributed by atoms with E-state index < -0.39 is 0 Å². The number of nitrogen functional groups attached to an aromatic ring is 1. The molecule has 0 spiro atoms. The third kappa shape index (κ3) is 2.52. The van der Waals surface area contributed by atoms with E-state index in [2.05, 4.69) is 53.0 Å². The van der Waals surface area contributed by atoms with Crippen molar-refractivity contribution in [2.45, 2.75) is 13.8 Å². The number of rotatable bonds is 3. The number of nitrogens with zero attached hydrogens (tertiary/aromatic N) is 3. The van der Waals surface area contributed by atoms with Crippen molar-refractivity contribution in [1.29, 1.82) is 0 Å². The molecular formula is C17H18N4. The topological polar surface area (TPSA) is 55.0 Å². The average Bonchev–Trinajstić information content (AvgIpc) is 2.48. The fourth-order valence-corrected chi connectivity index (χ4v) is 2.53. The molecule has 0 saturated carbocycles. The molecule has 1 heterocycles. The van der Waals surface area contributed by atoms with Crippen molar-refractivity contribution in [3.63, 3.8) is 0 Å². The summed E-state index contributed by atoms with van der Waals surface area (Å²) in [5.74, 6) is 0.889. The number of hydrogen-bond acceptors (Lipinski definition) is 4. The quantitative estimate of drug-likeness (QED) is 0.742. The molecule has 4 nitrogen and oxygen atoms in total. The molecule has 106 valence electrons. The number of hydrogen-bond donors (Lipinski definition) is 1. The van der Waals surface area contributed by atoms with Crippen LogP contribution in [0.2, 0.25) is 0 Å². The lowest BCUT2D eigenvalue weighted by molar-refractivity contribution is 0.988. The minimum absolute atomic E-state index is 0.721. The van der Waals surface area contributed by atoms with E-state index in [1.165, 1.54) is 5.56 Å². The summed E-state index contributed by atoms with van der Waals surface area (Å²) in [5.41, 5.74) is 9.90. The molecule has 0 aliphatic rings. The Bertz CT molecular complexity index is 783. The van der Waals surface area contributed by atoms with Crippen LogP contribution in [0.3, 0.4) is 0 Å². The predicted molar refractivity (Wildman–Crippen MR) is 87.8 cm³/mol. The lowest BCUT2D eigenvalue weighted by Gasteiger charge is -2.23. The number of anilines is 3. The highest BCUT2D eigenvalue weighted by atomic mass is 15.2. The molecule has 2 aromatic carbocycles. The van der Waals surface area contributed by atoms with Gasteiger partial charge in [-0.15, -0.1) is 0 Å². The van der Waals surface area contributed by atoms with Gasteiger partial charge in [0.2, 0.25) is 0 Å². The van der Waals surface area contributed by atoms with Gasteiger partial charge in [-0.05, 0) is 49.7 Å². The van der Waals surface area contributed by atoms with Gasteiger partial charge in [0.05, 0.1) is 5.52 Å². The molecule has 1 aromatic heterocycles. The monoisotopic (exact) mass is 278 g/mol. The first-order valence-corrected chi connectivity index (χ1v) is 7.03. The maximum absolute atomic E-state index is 5.92. The van der Waals surface area contributed by atoms with E-state index in [0.29, 0.717) is 0 Å². The molecule has 0 unspecified atom stereocenters. The first-order valence-electron chi connectivity index (χ1n) is 7.03. The third-order valence-electron chi connectivity index (χ3n) is 3.52. The van der Waals surface area contributed by atoms with Crippen LogP contribution in [0.1, 0.15) is 12.5 Å². The summed E-state index contributed by atoms with van der Waals surface area (Å²) in [6.45, 7) is 5.03. The molecule has 0 aliphatic heterocycles. The minimum Gasteiger partial charge on any atom is -0.399 e. The second-order valence-electron chi connectivity index (χ2n) is 5.06. The van der Waals surface area contributed by atoms with Crippen LogP contribution in [-0.4, -0.2) is 16.5 Å². The lowest BCUT2D eigenvalue weighted by atomic mass is 10.1. The van der Waals surface area contributed by atoms with Crippen LogP contribution in [-0.2, 0) is 0 Å². The van der Waals surface area contributed by atoms with Gasteiger partial charge in [0.15, 0.2) is 0 Å². The van der Waals surface area contributed by atoms with E-state index in [9.17, 15) is 0 Å². The summed E-state index contributed by atoms with van der Waals surface area (Å²) in [4.78, 5) is 11.0. The van der Waals surface area contributed by atoms with Gasteiger partial charge >= 0.3 is 0 Å². The summed E-state index contributed by atoms with van der Waals surface area (Å²) < 4.78 is 0. The van der Waals surface area contributed by atoms with Crippen molar-refractivity contribution in [1.82, 2.24) is 9.97 Å². The SMILES string of the molecule is CCN(c1cccc(C)c1)c1ncnc2ccc(N)cc12. The molecule has 0 saturated heterocycles. The maximum Gasteiger partial charge on any atom is 0.144 e. The van der Waals surface area contributed by atoms with Gasteiger partial charge < -0.3 is 10.6 Å². The van der Waals surface area contributed by atoms with E-state index in [0.717, 1.165) is 34.6 Å². The van der Waals surface area contributed by atoms with Crippen molar-refractivity contribution in [3.8, 4) is 0 Å². The van der Waals surface area contributed by atoms with E-state index >= 15 is 0 Å². The van der Waals surface area contributed by atoms with Crippen LogP contribution in [0, 0.1) is 6.92 Å². The molecule has 0 bridgehead atoms. The van der Waals surface area contributed by atoms with E-state index in [1.54, 1.807) is 6.33 Å². The van der Waals surface area contributed by atoms with Gasteiger partial charge in [-0.1, -0.05) is 12.1 Å². The van der Waals surface area contributed by atoms with Crippen molar-refractivity contribution in [3.05, 3.63) is 54.4 Å². The molecule has 0 radical (unpaired) electrons. The number of nitrogens with two attached hydrogens (primary N) is 1. The zero-order valence-electron chi connectivity index (χ0n) is 12.2. The smallest absolute Gasteiger partial charge is 0.144 e. The normalized spacial score (nSPS) is 10.8. The summed E-state index contributed by atoms with van der Waals surface area (Å²) >= 11 is 0. The van der Waals surface area contributed by atoms with Gasteiger partial charge in [-0.3, -0.25) is 0 Å². The lowest BCUT2D eigenvalue weighted by Crippen LogP contribution is -2.18. The Labute approximate surface area is 124 Å². The number of aromatic nitrogens is 2. The zero-order chi connectivity index (χ0) is 14.8. The van der Waals surface area contributed by atoms with Crippen molar-refractivity contribution >= 4 is 28.1 Å². The first-order chi connectivity index (χ1) is 10.2. The third-order valence-corrected chi connectivity index (χ3v) is 3.52. The van der Waals surface area contributed by atoms with E-state index in [1.807, 2.05) is 18.2 Å². The number of benzene rings is 2. The molecule has 0 fully saturated rings. The second kappa shape index (κ2) is 5.40. The number of fused-ring (bicyclic) bond motifs is 1. The van der Waals surface area contributed by atoms with Gasteiger partial charge in [-0.25, -0.2) is 9.97 Å². The number of aryl methyl sites for hydroxylation is 1. The molecule has 21 heavy (non-hydrogen) atoms. The maximum atomic E-state index is 5.92. The first kappa shape index (κ1) is 13.4. The molecule has 3 aromatic rings. The molecule has 2 N–H and O–H groups in total. The van der Waals surface area contributed by atoms with E-state index in [4.69, 9.17) is 5.73 Å². The summed E-state index contributed by atoms with van der Waals surface area (Å²) in [6.07, 6.45) is 1.60. The fourth-order valence-electron chi connectivity index (χ4n) is 2.53. The van der Waals surface area contributed by atoms with Crippen LogP contribution in [0.15, 0.2) is 48.8 Å². The molecular weight excluding hydrogens is 260 g/mol. The van der Waals surface area contributed by atoms with Crippen LogP contribution < -0.4 is 10.6 Å². The molecule has 0 amide bonds. The average molecular weight is 278 g/mol. The fraction of sp³-hybridized carbons (Fsp3) is 0.176. The minimum atomic E-state index is 0.721. The highest BCUT2D eigenvalue weighted by Gasteiger charge is 2.13. The van der Waals surface area contributed by atoms with Gasteiger partial charge in [0.1, 0.15) is 12.1 Å². The predicted octanol–water partition coefficient (Wildman–Crippen LogP) is 3.68. The Morgan fingerprint density at radius 1 is 1.10 bits per heavy atom. The highest BCUT2D eigenvalue weighted by Crippen LogP contribution is 2.30. The van der Waals surface area contributed by atoms with E-state index in [-0.39, 0.29) is 0 Å². The van der Waals surface area contributed by atoms with Crippen molar-refractivity contribution < 1.29 is 0 Å². The molecule has 0 atom stereocenters. The van der Waals surface area contributed by atoms with Gasteiger partial charge in [0.25, 0.3) is 0 Å². The Morgan fingerprint density at radius 3 is 2.71 bits per heavy atom. The standard InChI is InChI=1S/C17H18N4/c1-3-21(14-6-4-5-12(2)9-14)17-15-10-13(18)7-8-16(15)19-11-20-17/h4-11H,3,18H2,1-2H3. The molecule has 0 aliphatic carbocycles. The summed E-state index contributed by atoms with van der Waals surface area (Å²) in [5, 5.41) is 0.973. The zero-order valence-corrected chi connectivity index (χ0v) is 12.2. The van der Waals surface area contributed by atoms with Crippen molar-refractivity contribution in [2.24, 2.45) is 0 Å². The second-order valence-corrected chi connectivity index (χ2v) is 5.06. The largest absolute Gasteiger partial charge is 0.399 e. The molecule has 4 heteroatoms. The van der Waals surface area contributed by atoms with Gasteiger partial charge in [-0.2, -0.15) is 0 Å². The molecule has 3 rings (SSSR count). The Kier molecular flexibility index (Phi) is 3.44. The Morgan fingerprint density at radius 2 is 1.95 bits per heavy atom. The van der Waals surface area contributed by atoms with Crippen LogP contribution in [0.25, 0.3) is 10.9 Å². The van der Waals surface area contributed by atoms with Crippen LogP contribution in [0.4, 0.5) is 17.2 Å². The summed E-state index contributed by atoms with van der Waals surface area (Å²) in [7, 11) is 0. The van der Waals surface area contributed by atoms with Crippen LogP contribution in [0.5, 0.6) is 0 Å². The van der Waals surface area contributed by atoms with Crippen LogP contribution >= 0.6 is 0 Å². The summed E-state index contributed by atoms with van der Waals surface area (Å²) in [6, 6.07) is 14.1. The Hall–Kier alpha value is -2.62. The van der Waals surface area contributed by atoms with Crippen molar-refractivity contribution in [2.75, 3.05) is 17.2 Å².